The summed E-state index contributed by atoms with van der Waals surface area (Å²) >= 11 is 0. The zero-order valence-corrected chi connectivity index (χ0v) is 8.97. The van der Waals surface area contributed by atoms with Crippen molar-refractivity contribution in [2.75, 3.05) is 0 Å². The summed E-state index contributed by atoms with van der Waals surface area (Å²) in [6, 6.07) is 1.93. The van der Waals surface area contributed by atoms with Gasteiger partial charge in [0.1, 0.15) is 6.07 Å². The van der Waals surface area contributed by atoms with Crippen LogP contribution in [0.15, 0.2) is 0 Å². The van der Waals surface area contributed by atoms with Crippen LogP contribution in [0.5, 0.6) is 0 Å². The summed E-state index contributed by atoms with van der Waals surface area (Å²) in [5.74, 6) is -0.318. The number of ether oxygens (including phenoxy) is 1. The van der Waals surface area contributed by atoms with Gasteiger partial charge in [-0.2, -0.15) is 5.26 Å². The van der Waals surface area contributed by atoms with E-state index in [9.17, 15) is 4.79 Å². The molecule has 3 heteroatoms. The molecule has 0 unspecified atom stereocenters. The number of nitriles is 1. The van der Waals surface area contributed by atoms with Crippen LogP contribution in [0, 0.1) is 16.7 Å². The second kappa shape index (κ2) is 3.78. The molecule has 0 aliphatic rings. The van der Waals surface area contributed by atoms with Crippen LogP contribution < -0.4 is 0 Å². The maximum Gasteiger partial charge on any atom is 0.313 e. The molecule has 0 radical (unpaired) electrons. The zero-order valence-electron chi connectivity index (χ0n) is 8.97. The standard InChI is InChI=1S/C10H17NO2/c1-6-9(2,3)8(12)13-10(4,5)7-11/h6H2,1-5H3. The van der Waals surface area contributed by atoms with Gasteiger partial charge in [0, 0.05) is 0 Å². The molecule has 0 atom stereocenters. The SMILES string of the molecule is CCC(C)(C)C(=O)OC(C)(C)C#N. The van der Waals surface area contributed by atoms with E-state index in [1.54, 1.807) is 13.8 Å². The highest BCUT2D eigenvalue weighted by Crippen LogP contribution is 2.24. The summed E-state index contributed by atoms with van der Waals surface area (Å²) in [7, 11) is 0. The molecule has 0 aliphatic heterocycles. The first-order valence-corrected chi connectivity index (χ1v) is 4.40. The predicted octanol–water partition coefficient (Wildman–Crippen LogP) is 2.27. The van der Waals surface area contributed by atoms with Crippen LogP contribution in [0.25, 0.3) is 0 Å². The van der Waals surface area contributed by atoms with Crippen molar-refractivity contribution in [3.63, 3.8) is 0 Å². The number of carbonyl (C=O) groups excluding carboxylic acids is 1. The first-order chi connectivity index (χ1) is 5.75. The normalized spacial score (nSPS) is 12.0. The Balaban J connectivity index is 4.43. The Hall–Kier alpha value is -1.04. The van der Waals surface area contributed by atoms with Gasteiger partial charge >= 0.3 is 5.97 Å². The lowest BCUT2D eigenvalue weighted by atomic mass is 9.90. The summed E-state index contributed by atoms with van der Waals surface area (Å²) in [6.45, 7) is 8.69. The molecule has 0 N–H and O–H groups in total. The van der Waals surface area contributed by atoms with Crippen LogP contribution in [0.3, 0.4) is 0 Å². The molecule has 0 aliphatic carbocycles. The largest absolute Gasteiger partial charge is 0.444 e. The van der Waals surface area contributed by atoms with Crippen molar-refractivity contribution >= 4 is 5.97 Å². The smallest absolute Gasteiger partial charge is 0.313 e. The van der Waals surface area contributed by atoms with E-state index in [-0.39, 0.29) is 5.97 Å². The molecule has 0 aromatic heterocycles. The third-order valence-electron chi connectivity index (χ3n) is 2.05. The van der Waals surface area contributed by atoms with Gasteiger partial charge < -0.3 is 4.74 Å². The topological polar surface area (TPSA) is 50.1 Å². The highest BCUT2D eigenvalue weighted by atomic mass is 16.6. The minimum atomic E-state index is -1.02. The molecule has 0 rings (SSSR count). The lowest BCUT2D eigenvalue weighted by Gasteiger charge is -2.25. The third-order valence-corrected chi connectivity index (χ3v) is 2.05. The first-order valence-electron chi connectivity index (χ1n) is 4.40. The summed E-state index contributed by atoms with van der Waals surface area (Å²) in [5.41, 5.74) is -1.53. The molecule has 13 heavy (non-hydrogen) atoms. The molecule has 0 aromatic rings. The number of rotatable bonds is 3. The average Bonchev–Trinajstić information content (AvgIpc) is 2.04. The molecule has 0 fully saturated rings. The van der Waals surface area contributed by atoms with Crippen LogP contribution >= 0.6 is 0 Å². The molecule has 3 nitrogen and oxygen atoms in total. The van der Waals surface area contributed by atoms with Crippen LogP contribution in [0.4, 0.5) is 0 Å². The monoisotopic (exact) mass is 183 g/mol. The molecule has 0 bridgehead atoms. The quantitative estimate of drug-likeness (QED) is 0.630. The van der Waals surface area contributed by atoms with Crippen LogP contribution in [0.1, 0.15) is 41.0 Å². The van der Waals surface area contributed by atoms with Crippen molar-refractivity contribution in [1.29, 1.82) is 5.26 Å². The molecular formula is C10H17NO2. The van der Waals surface area contributed by atoms with Gasteiger partial charge in [-0.1, -0.05) is 6.92 Å². The Morgan fingerprint density at radius 3 is 2.15 bits per heavy atom. The number of nitrogens with zero attached hydrogens (tertiary/aromatic N) is 1. The van der Waals surface area contributed by atoms with Gasteiger partial charge in [0.25, 0.3) is 0 Å². The zero-order chi connectivity index (χ0) is 10.7. The van der Waals surface area contributed by atoms with Crippen LogP contribution in [0.2, 0.25) is 0 Å². The van der Waals surface area contributed by atoms with Gasteiger partial charge in [-0.25, -0.2) is 0 Å². The van der Waals surface area contributed by atoms with Crippen molar-refractivity contribution < 1.29 is 9.53 Å². The first kappa shape index (κ1) is 12.0. The minimum Gasteiger partial charge on any atom is -0.444 e. The van der Waals surface area contributed by atoms with E-state index in [0.29, 0.717) is 6.42 Å². The number of hydrogen-bond acceptors (Lipinski definition) is 3. The van der Waals surface area contributed by atoms with E-state index < -0.39 is 11.0 Å². The summed E-state index contributed by atoms with van der Waals surface area (Å²) in [6.07, 6.45) is 0.702. The Morgan fingerprint density at radius 1 is 1.38 bits per heavy atom. The molecule has 0 amide bonds. The van der Waals surface area contributed by atoms with E-state index in [4.69, 9.17) is 10.00 Å². The lowest BCUT2D eigenvalue weighted by molar-refractivity contribution is -0.162. The van der Waals surface area contributed by atoms with Crippen molar-refractivity contribution in [1.82, 2.24) is 0 Å². The second-order valence-electron chi connectivity index (χ2n) is 4.25. The predicted molar refractivity (Wildman–Crippen MR) is 49.9 cm³/mol. The molecule has 0 spiro atoms. The maximum absolute atomic E-state index is 11.5. The van der Waals surface area contributed by atoms with Crippen molar-refractivity contribution in [2.45, 2.75) is 46.6 Å². The van der Waals surface area contributed by atoms with Crippen molar-refractivity contribution in [2.24, 2.45) is 5.41 Å². The Kier molecular flexibility index (Phi) is 3.48. The van der Waals surface area contributed by atoms with Gasteiger partial charge in [0.05, 0.1) is 5.41 Å². The summed E-state index contributed by atoms with van der Waals surface area (Å²) in [5, 5.41) is 8.65. The fourth-order valence-electron chi connectivity index (χ4n) is 0.537. The highest BCUT2D eigenvalue weighted by Gasteiger charge is 2.32. The van der Waals surface area contributed by atoms with Crippen molar-refractivity contribution in [3.05, 3.63) is 0 Å². The Bertz CT molecular complexity index is 236. The van der Waals surface area contributed by atoms with Crippen LogP contribution in [-0.4, -0.2) is 11.6 Å². The summed E-state index contributed by atoms with van der Waals surface area (Å²) < 4.78 is 5.04. The van der Waals surface area contributed by atoms with E-state index in [0.717, 1.165) is 0 Å². The van der Waals surface area contributed by atoms with E-state index in [1.165, 1.54) is 0 Å². The number of carbonyl (C=O) groups is 1. The lowest BCUT2D eigenvalue weighted by Crippen LogP contribution is -2.34. The van der Waals surface area contributed by atoms with E-state index in [2.05, 4.69) is 0 Å². The summed E-state index contributed by atoms with van der Waals surface area (Å²) in [4.78, 5) is 11.5. The Labute approximate surface area is 79.7 Å². The van der Waals surface area contributed by atoms with Gasteiger partial charge in [-0.3, -0.25) is 4.79 Å². The minimum absolute atomic E-state index is 0.318. The van der Waals surface area contributed by atoms with Gasteiger partial charge in [-0.15, -0.1) is 0 Å². The molecular weight excluding hydrogens is 166 g/mol. The molecule has 0 saturated carbocycles. The van der Waals surface area contributed by atoms with E-state index in [1.807, 2.05) is 26.8 Å². The molecule has 0 aromatic carbocycles. The second-order valence-corrected chi connectivity index (χ2v) is 4.25. The fraction of sp³-hybridized carbons (Fsp3) is 0.800. The Morgan fingerprint density at radius 2 is 1.85 bits per heavy atom. The fourth-order valence-corrected chi connectivity index (χ4v) is 0.537. The maximum atomic E-state index is 11.5. The van der Waals surface area contributed by atoms with Gasteiger partial charge in [0.2, 0.25) is 0 Å². The molecule has 0 heterocycles. The van der Waals surface area contributed by atoms with E-state index >= 15 is 0 Å². The van der Waals surface area contributed by atoms with Gasteiger partial charge in [0.15, 0.2) is 5.60 Å². The number of hydrogen-bond donors (Lipinski definition) is 0. The number of esters is 1. The molecule has 0 saturated heterocycles. The van der Waals surface area contributed by atoms with Crippen molar-refractivity contribution in [3.8, 4) is 6.07 Å². The van der Waals surface area contributed by atoms with Gasteiger partial charge in [-0.05, 0) is 34.1 Å². The molecule has 74 valence electrons. The van der Waals surface area contributed by atoms with Crippen LogP contribution in [-0.2, 0) is 9.53 Å². The average molecular weight is 183 g/mol. The highest BCUT2D eigenvalue weighted by molar-refractivity contribution is 5.76. The third kappa shape index (κ3) is 3.45.